The fourth-order valence-electron chi connectivity index (χ4n) is 8.78. The van der Waals surface area contributed by atoms with Gasteiger partial charge in [0.05, 0.1) is 18.3 Å². The van der Waals surface area contributed by atoms with Crippen molar-refractivity contribution in [3.05, 3.63) is 64.8 Å². The fraction of sp³-hybridized carbons (Fsp3) is 0.656. The van der Waals surface area contributed by atoms with Crippen LogP contribution in [0.15, 0.2) is 59.2 Å². The van der Waals surface area contributed by atoms with Gasteiger partial charge in [0.2, 0.25) is 41.4 Å². The second kappa shape index (κ2) is 43.3. The van der Waals surface area contributed by atoms with Crippen LogP contribution in [0.1, 0.15) is 163 Å². The molecule has 0 radical (unpaired) electrons. The number of thioether (sulfide) groups is 1. The van der Waals surface area contributed by atoms with E-state index >= 15 is 0 Å². The van der Waals surface area contributed by atoms with Gasteiger partial charge in [-0.05, 0) is 162 Å². The van der Waals surface area contributed by atoms with Crippen molar-refractivity contribution in [1.82, 2.24) is 42.5 Å². The van der Waals surface area contributed by atoms with Crippen molar-refractivity contribution in [2.24, 2.45) is 29.0 Å². The van der Waals surface area contributed by atoms with Crippen molar-refractivity contribution in [2.45, 2.75) is 207 Å². The highest BCUT2D eigenvalue weighted by molar-refractivity contribution is 7.99. The topological polar surface area (TPSA) is 415 Å². The lowest BCUT2D eigenvalue weighted by atomic mass is 9.97. The zero-order chi connectivity index (χ0) is 64.9. The molecule has 0 aliphatic carbocycles. The van der Waals surface area contributed by atoms with Gasteiger partial charge in [0.1, 0.15) is 48.3 Å². The van der Waals surface area contributed by atoms with E-state index in [-0.39, 0.29) is 49.4 Å². The Balaban J connectivity index is 3.55. The molecule has 25 heteroatoms. The number of rotatable bonds is 44. The first-order valence-corrected chi connectivity index (χ1v) is 31.3. The molecule has 0 bridgehead atoms. The second-order valence-corrected chi connectivity index (χ2v) is 23.6. The van der Waals surface area contributed by atoms with Gasteiger partial charge in [0.25, 0.3) is 5.91 Å². The Kier molecular flexibility index (Phi) is 39.1. The van der Waals surface area contributed by atoms with E-state index in [9.17, 15) is 58.5 Å². The lowest BCUT2D eigenvalue weighted by Gasteiger charge is -2.29. The normalized spacial score (nSPS) is 15.2. The zero-order valence-electron chi connectivity index (χ0n) is 52.3. The molecular weight excluding hydrogens is 1120 g/mol. The standard InChI is InChI=1S/C61H104N12O12S/c1-10-41(8)51(61(84)85)72-59(82)50(38(4)5)71-58(81)49(36-86-34-30-40(7)24-20-23-39(6)22-19-21-37(2)3)70-55(78)46(28-14-17-32-63)68-60(83)52(42(9)75)73-56(79)47(29-15-18-33-64)67-57(80)48(35-74)69-54(77)45(27-13-16-31-62)66-53(76)43-25-11-12-26-44(43)65/h11-12,21,23,25-26,30,38,41-42,45-52,74-75H,10,13-20,22,24,27-29,31-36,62-65H2,1-9H3,(H,66,76)(H,67,80)(H,68,83)(H,69,77)(H,70,78)(H,71,81)(H,72,82)(H,73,79)(H,84,85)/b39-23+,40-30+/t41-,42+,45-,46-,47-,48-,49-,50-,51-,52-/m0/s1. The molecule has 8 amide bonds. The predicted octanol–water partition coefficient (Wildman–Crippen LogP) is 2.46. The number of amides is 8. The van der Waals surface area contributed by atoms with Gasteiger partial charge >= 0.3 is 5.97 Å². The zero-order valence-corrected chi connectivity index (χ0v) is 53.1. The quantitative estimate of drug-likeness (QED) is 0.0253. The Bertz CT molecular complexity index is 2400. The van der Waals surface area contributed by atoms with Crippen molar-refractivity contribution in [1.29, 1.82) is 0 Å². The molecule has 86 heavy (non-hydrogen) atoms. The van der Waals surface area contributed by atoms with E-state index < -0.39 is 126 Å². The highest BCUT2D eigenvalue weighted by Crippen LogP contribution is 2.17. The van der Waals surface area contributed by atoms with Gasteiger partial charge < -0.3 is 80.8 Å². The van der Waals surface area contributed by atoms with Crippen molar-refractivity contribution in [2.75, 3.05) is 43.5 Å². The van der Waals surface area contributed by atoms with Crippen LogP contribution >= 0.6 is 11.8 Å². The number of aliphatic hydroxyl groups excluding tert-OH is 2. The summed E-state index contributed by atoms with van der Waals surface area (Å²) in [6.45, 7) is 16.2. The summed E-state index contributed by atoms with van der Waals surface area (Å²) >= 11 is 1.34. The summed E-state index contributed by atoms with van der Waals surface area (Å²) in [4.78, 5) is 124. The number of anilines is 1. The minimum atomic E-state index is -1.73. The number of nitrogens with one attached hydrogen (secondary N) is 8. The number of aliphatic hydroxyl groups is 2. The fourth-order valence-corrected chi connectivity index (χ4v) is 9.79. The minimum Gasteiger partial charge on any atom is -0.480 e. The number of carbonyl (C=O) groups is 9. The summed E-state index contributed by atoms with van der Waals surface area (Å²) in [6.07, 6.45) is 11.4. The van der Waals surface area contributed by atoms with Crippen LogP contribution < -0.4 is 65.5 Å². The third kappa shape index (κ3) is 30.3. The molecule has 0 unspecified atom stereocenters. The highest BCUT2D eigenvalue weighted by atomic mass is 32.2. The molecule has 0 fully saturated rings. The molecule has 486 valence electrons. The van der Waals surface area contributed by atoms with Gasteiger partial charge in [-0.15, -0.1) is 0 Å². The molecule has 0 aliphatic rings. The van der Waals surface area contributed by atoms with Crippen LogP contribution in [0.5, 0.6) is 0 Å². The molecule has 0 aliphatic heterocycles. The number of benzene rings is 1. The first kappa shape index (κ1) is 77.6. The molecule has 1 rings (SSSR count). The Morgan fingerprint density at radius 2 is 0.977 bits per heavy atom. The van der Waals surface area contributed by atoms with E-state index in [0.717, 1.165) is 31.3 Å². The number of carboxylic acid groups (broad SMARTS) is 1. The molecule has 1 aromatic rings. The van der Waals surface area contributed by atoms with E-state index in [1.807, 2.05) is 13.0 Å². The average molecular weight is 1230 g/mol. The summed E-state index contributed by atoms with van der Waals surface area (Å²) < 4.78 is 0. The molecule has 0 spiro atoms. The van der Waals surface area contributed by atoms with Gasteiger partial charge in [-0.3, -0.25) is 38.4 Å². The SMILES string of the molecule is CC[C@H](C)[C@H](NC(=O)[C@@H](NC(=O)[C@H](CSC/C=C(\C)CC/C=C(\C)CCC=C(C)C)NC(=O)[C@H](CCCCN)NC(=O)[C@@H](NC(=O)[C@H](CCCCN)NC(=O)[C@H](CO)NC(=O)[C@H](CCCCN)NC(=O)c1ccccc1N)[C@@H](C)O)C(C)C)C(=O)O. The van der Waals surface area contributed by atoms with Crippen molar-refractivity contribution in [3.63, 3.8) is 0 Å². The number of hydrogen-bond acceptors (Lipinski definition) is 16. The molecule has 0 saturated carbocycles. The maximum absolute atomic E-state index is 14.5. The maximum Gasteiger partial charge on any atom is 0.326 e. The molecule has 19 N–H and O–H groups in total. The smallest absolute Gasteiger partial charge is 0.326 e. The molecular formula is C61H104N12O12S. The van der Waals surface area contributed by atoms with Crippen molar-refractivity contribution >= 4 is 70.7 Å². The number of allylic oxidation sites excluding steroid dienone is 5. The van der Waals surface area contributed by atoms with Crippen LogP contribution in [0.25, 0.3) is 0 Å². The maximum atomic E-state index is 14.5. The van der Waals surface area contributed by atoms with Crippen molar-refractivity contribution < 1.29 is 58.5 Å². The van der Waals surface area contributed by atoms with Crippen LogP contribution in [0.3, 0.4) is 0 Å². The third-order valence-electron chi connectivity index (χ3n) is 14.4. The number of carbonyl (C=O) groups excluding carboxylic acids is 8. The average Bonchev–Trinajstić information content (AvgIpc) is 3.28. The molecule has 0 aromatic heterocycles. The summed E-state index contributed by atoms with van der Waals surface area (Å²) in [5, 5.41) is 52.1. The monoisotopic (exact) mass is 1230 g/mol. The second-order valence-electron chi connectivity index (χ2n) is 22.6. The first-order valence-electron chi connectivity index (χ1n) is 30.2. The van der Waals surface area contributed by atoms with Crippen LogP contribution in [-0.2, 0) is 38.4 Å². The predicted molar refractivity (Wildman–Crippen MR) is 338 cm³/mol. The van der Waals surface area contributed by atoms with E-state index in [4.69, 9.17) is 22.9 Å². The van der Waals surface area contributed by atoms with Gasteiger partial charge in [0.15, 0.2) is 0 Å². The minimum absolute atomic E-state index is 0.00531. The van der Waals surface area contributed by atoms with Gasteiger partial charge in [0, 0.05) is 17.2 Å². The summed E-state index contributed by atoms with van der Waals surface area (Å²) in [5.41, 5.74) is 27.2. The molecule has 24 nitrogen and oxygen atoms in total. The van der Waals surface area contributed by atoms with Gasteiger partial charge in [-0.2, -0.15) is 11.8 Å². The van der Waals surface area contributed by atoms with E-state index in [1.54, 1.807) is 39.8 Å². The molecule has 0 saturated heterocycles. The molecule has 10 atom stereocenters. The van der Waals surface area contributed by atoms with Gasteiger partial charge in [-0.25, -0.2) is 4.79 Å². The number of unbranched alkanes of at least 4 members (excludes halogenated alkanes) is 3. The van der Waals surface area contributed by atoms with Crippen LogP contribution in [-0.4, -0.2) is 161 Å². The number of hydrogen-bond donors (Lipinski definition) is 15. The van der Waals surface area contributed by atoms with Gasteiger partial charge in [-0.1, -0.05) is 81.2 Å². The molecule has 1 aromatic carbocycles. The van der Waals surface area contributed by atoms with Crippen LogP contribution in [0.2, 0.25) is 0 Å². The number of nitrogen functional groups attached to an aromatic ring is 1. The Morgan fingerprint density at radius 3 is 1.47 bits per heavy atom. The lowest BCUT2D eigenvalue weighted by molar-refractivity contribution is -0.144. The third-order valence-corrected chi connectivity index (χ3v) is 15.4. The largest absolute Gasteiger partial charge is 0.480 e. The first-order chi connectivity index (χ1) is 40.8. The number of nitrogens with two attached hydrogens (primary N) is 4. The van der Waals surface area contributed by atoms with E-state index in [0.29, 0.717) is 57.2 Å². The highest BCUT2D eigenvalue weighted by Gasteiger charge is 2.37. The summed E-state index contributed by atoms with van der Waals surface area (Å²) in [6, 6.07) is -4.85. The van der Waals surface area contributed by atoms with E-state index in [2.05, 4.69) is 75.5 Å². The lowest BCUT2D eigenvalue weighted by Crippen LogP contribution is -2.62. The summed E-state index contributed by atoms with van der Waals surface area (Å²) in [7, 11) is 0. The van der Waals surface area contributed by atoms with Crippen LogP contribution in [0, 0.1) is 11.8 Å². The number of carboxylic acids is 1. The Labute approximate surface area is 513 Å². The van der Waals surface area contributed by atoms with E-state index in [1.165, 1.54) is 42.0 Å². The molecule has 0 heterocycles. The summed E-state index contributed by atoms with van der Waals surface area (Å²) in [5.74, 6) is -8.45. The Hall–Kier alpha value is -6.38. The Morgan fingerprint density at radius 1 is 0.547 bits per heavy atom. The number of aliphatic carboxylic acids is 1. The van der Waals surface area contributed by atoms with Crippen molar-refractivity contribution in [3.8, 4) is 0 Å². The van der Waals surface area contributed by atoms with Crippen LogP contribution in [0.4, 0.5) is 5.69 Å². The number of para-hydroxylation sites is 1.